The molecule has 0 fully saturated rings. The number of allylic oxidation sites excluding steroid dienone is 2. The Morgan fingerprint density at radius 2 is 2.18 bits per heavy atom. The largest absolute Gasteiger partial charge is 0.179 e. The van der Waals surface area contributed by atoms with E-state index in [0.717, 1.165) is 5.75 Å². The lowest BCUT2D eigenvalue weighted by molar-refractivity contribution is 0.705. The monoisotopic (exact) mass is 170 g/mol. The van der Waals surface area contributed by atoms with Crippen LogP contribution in [0.15, 0.2) is 11.6 Å². The molecule has 1 aliphatic carbocycles. The van der Waals surface area contributed by atoms with E-state index < -0.39 is 0 Å². The Hall–Kier alpha value is 0.0900. The van der Waals surface area contributed by atoms with Gasteiger partial charge in [0, 0.05) is 0 Å². The molecular weight excluding hydrogens is 152 g/mol. The Morgan fingerprint density at radius 3 is 2.82 bits per heavy atom. The van der Waals surface area contributed by atoms with Crippen molar-refractivity contribution >= 4 is 12.6 Å². The van der Waals surface area contributed by atoms with E-state index in [1.165, 1.54) is 44.9 Å². The molecule has 0 amide bonds. The van der Waals surface area contributed by atoms with Crippen molar-refractivity contribution in [3.05, 3.63) is 11.6 Å². The van der Waals surface area contributed by atoms with Crippen LogP contribution in [0.3, 0.4) is 0 Å². The maximum atomic E-state index is 4.19. The standard InChI is InChI=1S/C10H18S/c11-9-5-1-2-6-10-7-3-4-8-10/h7,11H,1-6,8-9H2. The third-order valence-electron chi connectivity index (χ3n) is 2.29. The molecule has 0 heterocycles. The number of unbranched alkanes of at least 4 members (excludes halogenated alkanes) is 2. The van der Waals surface area contributed by atoms with Crippen LogP contribution in [0.1, 0.15) is 44.9 Å². The van der Waals surface area contributed by atoms with Crippen molar-refractivity contribution in [1.82, 2.24) is 0 Å². The second-order valence-electron chi connectivity index (χ2n) is 3.29. The summed E-state index contributed by atoms with van der Waals surface area (Å²) >= 11 is 4.19. The first-order valence-corrected chi connectivity index (χ1v) is 5.35. The molecule has 0 unspecified atom stereocenters. The third-order valence-corrected chi connectivity index (χ3v) is 2.61. The molecule has 0 atom stereocenters. The summed E-state index contributed by atoms with van der Waals surface area (Å²) in [5.74, 6) is 1.05. The van der Waals surface area contributed by atoms with Gasteiger partial charge < -0.3 is 0 Å². The van der Waals surface area contributed by atoms with E-state index in [9.17, 15) is 0 Å². The van der Waals surface area contributed by atoms with Gasteiger partial charge in [0.2, 0.25) is 0 Å². The van der Waals surface area contributed by atoms with E-state index in [1.54, 1.807) is 5.57 Å². The maximum Gasteiger partial charge on any atom is -0.00979 e. The van der Waals surface area contributed by atoms with Gasteiger partial charge in [0.1, 0.15) is 0 Å². The number of hydrogen-bond acceptors (Lipinski definition) is 1. The fourth-order valence-electron chi connectivity index (χ4n) is 1.61. The Balaban J connectivity index is 1.94. The molecule has 0 aliphatic heterocycles. The van der Waals surface area contributed by atoms with Gasteiger partial charge in [-0.2, -0.15) is 12.6 Å². The second-order valence-corrected chi connectivity index (χ2v) is 3.74. The molecule has 0 nitrogen and oxygen atoms in total. The highest BCUT2D eigenvalue weighted by Crippen LogP contribution is 2.22. The highest BCUT2D eigenvalue weighted by Gasteiger charge is 2.02. The minimum atomic E-state index is 1.05. The molecule has 0 N–H and O–H groups in total. The lowest BCUT2D eigenvalue weighted by Crippen LogP contribution is -1.81. The molecule has 11 heavy (non-hydrogen) atoms. The maximum absolute atomic E-state index is 4.19. The van der Waals surface area contributed by atoms with Crippen molar-refractivity contribution < 1.29 is 0 Å². The van der Waals surface area contributed by atoms with Crippen LogP contribution >= 0.6 is 12.6 Å². The lowest BCUT2D eigenvalue weighted by Gasteiger charge is -1.99. The Morgan fingerprint density at radius 1 is 1.27 bits per heavy atom. The molecule has 0 aromatic heterocycles. The zero-order valence-electron chi connectivity index (χ0n) is 7.18. The Kier molecular flexibility index (Phi) is 4.76. The highest BCUT2D eigenvalue weighted by molar-refractivity contribution is 7.80. The molecule has 0 saturated carbocycles. The molecule has 0 aromatic carbocycles. The van der Waals surface area contributed by atoms with Crippen LogP contribution < -0.4 is 0 Å². The molecule has 1 aliphatic rings. The summed E-state index contributed by atoms with van der Waals surface area (Å²) < 4.78 is 0. The van der Waals surface area contributed by atoms with Crippen LogP contribution in [0.5, 0.6) is 0 Å². The van der Waals surface area contributed by atoms with Crippen molar-refractivity contribution in [3.8, 4) is 0 Å². The van der Waals surface area contributed by atoms with Crippen molar-refractivity contribution in [1.29, 1.82) is 0 Å². The van der Waals surface area contributed by atoms with Gasteiger partial charge in [-0.05, 0) is 44.3 Å². The number of hydrogen-bond donors (Lipinski definition) is 1. The van der Waals surface area contributed by atoms with Crippen molar-refractivity contribution in [3.63, 3.8) is 0 Å². The minimum absolute atomic E-state index is 1.05. The first-order chi connectivity index (χ1) is 5.43. The summed E-state index contributed by atoms with van der Waals surface area (Å²) in [4.78, 5) is 0. The van der Waals surface area contributed by atoms with Crippen LogP contribution in [0.4, 0.5) is 0 Å². The van der Waals surface area contributed by atoms with Gasteiger partial charge in [0.25, 0.3) is 0 Å². The minimum Gasteiger partial charge on any atom is -0.179 e. The molecular formula is C10H18S. The van der Waals surface area contributed by atoms with Crippen LogP contribution in [-0.4, -0.2) is 5.75 Å². The quantitative estimate of drug-likeness (QED) is 0.364. The predicted molar refractivity (Wildman–Crippen MR) is 54.3 cm³/mol. The molecule has 0 bridgehead atoms. The predicted octanol–water partition coefficient (Wildman–Crippen LogP) is 3.59. The van der Waals surface area contributed by atoms with Gasteiger partial charge in [-0.1, -0.05) is 18.1 Å². The van der Waals surface area contributed by atoms with Gasteiger partial charge in [-0.15, -0.1) is 0 Å². The Labute approximate surface area is 75.5 Å². The van der Waals surface area contributed by atoms with E-state index in [1.807, 2.05) is 0 Å². The zero-order chi connectivity index (χ0) is 7.94. The molecule has 1 rings (SSSR count). The summed E-state index contributed by atoms with van der Waals surface area (Å²) in [5.41, 5.74) is 1.71. The smallest absolute Gasteiger partial charge is 0.00979 e. The van der Waals surface area contributed by atoms with Crippen LogP contribution in [0.25, 0.3) is 0 Å². The molecule has 0 radical (unpaired) electrons. The van der Waals surface area contributed by atoms with E-state index in [2.05, 4.69) is 18.7 Å². The normalized spacial score (nSPS) is 17.0. The van der Waals surface area contributed by atoms with E-state index in [-0.39, 0.29) is 0 Å². The highest BCUT2D eigenvalue weighted by atomic mass is 32.1. The van der Waals surface area contributed by atoms with E-state index in [4.69, 9.17) is 0 Å². The van der Waals surface area contributed by atoms with Crippen molar-refractivity contribution in [2.45, 2.75) is 44.9 Å². The fraction of sp³-hybridized carbons (Fsp3) is 0.800. The molecule has 0 spiro atoms. The first-order valence-electron chi connectivity index (χ1n) is 4.72. The average Bonchev–Trinajstić information content (AvgIpc) is 2.50. The second kappa shape index (κ2) is 5.70. The Bertz CT molecular complexity index is 127. The summed E-state index contributed by atoms with van der Waals surface area (Å²) in [7, 11) is 0. The summed E-state index contributed by atoms with van der Waals surface area (Å²) in [6.07, 6.45) is 11.9. The van der Waals surface area contributed by atoms with Gasteiger partial charge >= 0.3 is 0 Å². The van der Waals surface area contributed by atoms with Crippen molar-refractivity contribution in [2.24, 2.45) is 0 Å². The SMILES string of the molecule is SCCCCCC1=CCCC1. The number of rotatable bonds is 5. The molecule has 0 saturated heterocycles. The van der Waals surface area contributed by atoms with Gasteiger partial charge in [-0.3, -0.25) is 0 Å². The van der Waals surface area contributed by atoms with E-state index in [0.29, 0.717) is 0 Å². The van der Waals surface area contributed by atoms with Crippen LogP contribution in [-0.2, 0) is 0 Å². The number of thiol groups is 1. The van der Waals surface area contributed by atoms with Crippen LogP contribution in [0, 0.1) is 0 Å². The zero-order valence-corrected chi connectivity index (χ0v) is 8.08. The lowest BCUT2D eigenvalue weighted by atomic mass is 10.1. The van der Waals surface area contributed by atoms with Gasteiger partial charge in [0.05, 0.1) is 0 Å². The first kappa shape index (κ1) is 9.18. The summed E-state index contributed by atoms with van der Waals surface area (Å²) in [5, 5.41) is 0. The van der Waals surface area contributed by atoms with Gasteiger partial charge in [-0.25, -0.2) is 0 Å². The fourth-order valence-corrected chi connectivity index (χ4v) is 1.83. The molecule has 64 valence electrons. The summed E-state index contributed by atoms with van der Waals surface area (Å²) in [6, 6.07) is 0. The molecule has 1 heteroatoms. The summed E-state index contributed by atoms with van der Waals surface area (Å²) in [6.45, 7) is 0. The van der Waals surface area contributed by atoms with Gasteiger partial charge in [0.15, 0.2) is 0 Å². The van der Waals surface area contributed by atoms with Crippen molar-refractivity contribution in [2.75, 3.05) is 5.75 Å². The van der Waals surface area contributed by atoms with Crippen LogP contribution in [0.2, 0.25) is 0 Å². The average molecular weight is 170 g/mol. The topological polar surface area (TPSA) is 0 Å². The third kappa shape index (κ3) is 3.85. The van der Waals surface area contributed by atoms with E-state index >= 15 is 0 Å². The molecule has 0 aromatic rings.